The van der Waals surface area contributed by atoms with Gasteiger partial charge in [0.05, 0.1) is 12.8 Å². The minimum atomic E-state index is -0.190. The van der Waals surface area contributed by atoms with Crippen LogP contribution in [0.1, 0.15) is 17.5 Å². The molecular weight excluding hydrogens is 338 g/mol. The Kier molecular flexibility index (Phi) is 6.04. The highest BCUT2D eigenvalue weighted by Gasteiger charge is 2.10. The Morgan fingerprint density at radius 1 is 1.00 bits per heavy atom. The Morgan fingerprint density at radius 2 is 1.59 bits per heavy atom. The number of esters is 1. The summed E-state index contributed by atoms with van der Waals surface area (Å²) in [5, 5.41) is 0. The molecule has 0 radical (unpaired) electrons. The van der Waals surface area contributed by atoms with Crippen molar-refractivity contribution in [3.63, 3.8) is 0 Å². The largest absolute Gasteiger partial charge is 0.469 e. The third-order valence-electron chi connectivity index (χ3n) is 4.62. The molecule has 5 heteroatoms. The smallest absolute Gasteiger partial charge is 0.305 e. The number of nitrogens with two attached hydrogens (primary N) is 1. The second-order valence-corrected chi connectivity index (χ2v) is 6.57. The molecule has 2 aromatic carbocycles. The molecule has 27 heavy (non-hydrogen) atoms. The lowest BCUT2D eigenvalue weighted by Gasteiger charge is -2.04. The van der Waals surface area contributed by atoms with E-state index in [2.05, 4.69) is 29.0 Å². The lowest BCUT2D eigenvalue weighted by Crippen LogP contribution is -2.02. The third-order valence-corrected chi connectivity index (χ3v) is 4.62. The van der Waals surface area contributed by atoms with E-state index in [0.717, 1.165) is 34.6 Å². The molecule has 5 nitrogen and oxygen atoms in total. The molecule has 1 aromatic heterocycles. The highest BCUT2D eigenvalue weighted by Crippen LogP contribution is 2.25. The standard InChI is InChI=1S/C22H25N3O2/c1-25-15-20(18-8-3-17(4-9-18)13-14-23)24-22(25)19-10-5-16(6-11-19)7-12-21(26)27-2/h3-6,8-11,15H,7,12-14,23H2,1-2H3. The van der Waals surface area contributed by atoms with Gasteiger partial charge in [-0.05, 0) is 30.5 Å². The Balaban J connectivity index is 1.76. The molecule has 0 aliphatic rings. The van der Waals surface area contributed by atoms with Crippen molar-refractivity contribution in [3.05, 3.63) is 65.9 Å². The van der Waals surface area contributed by atoms with E-state index in [1.165, 1.54) is 12.7 Å². The molecule has 2 N–H and O–H groups in total. The predicted octanol–water partition coefficient (Wildman–Crippen LogP) is 3.36. The number of hydrogen-bond acceptors (Lipinski definition) is 4. The minimum Gasteiger partial charge on any atom is -0.469 e. The Labute approximate surface area is 159 Å². The minimum absolute atomic E-state index is 0.190. The molecule has 1 heterocycles. The van der Waals surface area contributed by atoms with Crippen LogP contribution in [-0.2, 0) is 29.4 Å². The molecule has 0 aliphatic carbocycles. The summed E-state index contributed by atoms with van der Waals surface area (Å²) in [7, 11) is 3.41. The number of hydrogen-bond donors (Lipinski definition) is 1. The molecular formula is C22H25N3O2. The summed E-state index contributed by atoms with van der Waals surface area (Å²) in [6, 6.07) is 16.5. The number of ether oxygens (including phenoxy) is 1. The number of carbonyl (C=O) groups is 1. The average molecular weight is 363 g/mol. The zero-order chi connectivity index (χ0) is 19.2. The molecule has 0 amide bonds. The summed E-state index contributed by atoms with van der Waals surface area (Å²) in [6.07, 6.45) is 3.99. The Hall–Kier alpha value is -2.92. The Bertz CT molecular complexity index is 896. The van der Waals surface area contributed by atoms with Crippen molar-refractivity contribution in [3.8, 4) is 22.6 Å². The first kappa shape index (κ1) is 18.9. The maximum absolute atomic E-state index is 11.3. The zero-order valence-corrected chi connectivity index (χ0v) is 15.8. The SMILES string of the molecule is COC(=O)CCc1ccc(-c2nc(-c3ccc(CCN)cc3)cn2C)cc1. The first-order chi connectivity index (χ1) is 13.1. The van der Waals surface area contributed by atoms with Crippen LogP contribution in [0.3, 0.4) is 0 Å². The van der Waals surface area contributed by atoms with Gasteiger partial charge in [0, 0.05) is 30.8 Å². The average Bonchev–Trinajstić information content (AvgIpc) is 3.09. The summed E-state index contributed by atoms with van der Waals surface area (Å²) < 4.78 is 6.72. The van der Waals surface area contributed by atoms with Gasteiger partial charge in [-0.15, -0.1) is 0 Å². The second-order valence-electron chi connectivity index (χ2n) is 6.57. The first-order valence-electron chi connectivity index (χ1n) is 9.09. The highest BCUT2D eigenvalue weighted by molar-refractivity contribution is 5.69. The van der Waals surface area contributed by atoms with E-state index in [4.69, 9.17) is 10.7 Å². The molecule has 0 atom stereocenters. The van der Waals surface area contributed by atoms with E-state index in [1.807, 2.05) is 42.1 Å². The van der Waals surface area contributed by atoms with Gasteiger partial charge in [0.1, 0.15) is 5.82 Å². The van der Waals surface area contributed by atoms with Crippen LogP contribution in [0.2, 0.25) is 0 Å². The van der Waals surface area contributed by atoms with Crippen LogP contribution >= 0.6 is 0 Å². The van der Waals surface area contributed by atoms with Crippen LogP contribution in [0.25, 0.3) is 22.6 Å². The van der Waals surface area contributed by atoms with Crippen molar-refractivity contribution in [1.29, 1.82) is 0 Å². The fourth-order valence-corrected chi connectivity index (χ4v) is 3.05. The fraction of sp³-hybridized carbons (Fsp3) is 0.273. The van der Waals surface area contributed by atoms with E-state index in [-0.39, 0.29) is 5.97 Å². The molecule has 3 rings (SSSR count). The van der Waals surface area contributed by atoms with Gasteiger partial charge in [-0.2, -0.15) is 0 Å². The fourth-order valence-electron chi connectivity index (χ4n) is 3.05. The van der Waals surface area contributed by atoms with Crippen LogP contribution in [0.15, 0.2) is 54.7 Å². The van der Waals surface area contributed by atoms with E-state index in [9.17, 15) is 4.79 Å². The summed E-state index contributed by atoms with van der Waals surface area (Å²) in [5.74, 6) is 0.723. The quantitative estimate of drug-likeness (QED) is 0.654. The van der Waals surface area contributed by atoms with Gasteiger partial charge in [0.25, 0.3) is 0 Å². The van der Waals surface area contributed by atoms with Crippen LogP contribution in [0.4, 0.5) is 0 Å². The lowest BCUT2D eigenvalue weighted by atomic mass is 10.1. The van der Waals surface area contributed by atoms with Gasteiger partial charge in [-0.3, -0.25) is 4.79 Å². The predicted molar refractivity (Wildman–Crippen MR) is 107 cm³/mol. The van der Waals surface area contributed by atoms with Gasteiger partial charge in [-0.1, -0.05) is 48.5 Å². The molecule has 0 saturated heterocycles. The van der Waals surface area contributed by atoms with E-state index >= 15 is 0 Å². The van der Waals surface area contributed by atoms with Crippen LogP contribution in [0.5, 0.6) is 0 Å². The van der Waals surface area contributed by atoms with Gasteiger partial charge < -0.3 is 15.0 Å². The summed E-state index contributed by atoms with van der Waals surface area (Å²) in [5.41, 5.74) is 11.0. The summed E-state index contributed by atoms with van der Waals surface area (Å²) in [6.45, 7) is 0.655. The molecule has 0 saturated carbocycles. The van der Waals surface area contributed by atoms with Crippen LogP contribution in [0, 0.1) is 0 Å². The van der Waals surface area contributed by atoms with Gasteiger partial charge >= 0.3 is 5.97 Å². The van der Waals surface area contributed by atoms with Crippen molar-refractivity contribution in [1.82, 2.24) is 9.55 Å². The monoisotopic (exact) mass is 363 g/mol. The second kappa shape index (κ2) is 8.64. The maximum atomic E-state index is 11.3. The van der Waals surface area contributed by atoms with Crippen molar-refractivity contribution < 1.29 is 9.53 Å². The van der Waals surface area contributed by atoms with E-state index in [1.54, 1.807) is 0 Å². The van der Waals surface area contributed by atoms with E-state index in [0.29, 0.717) is 19.4 Å². The number of imidazole rings is 1. The first-order valence-corrected chi connectivity index (χ1v) is 9.09. The van der Waals surface area contributed by atoms with Crippen molar-refractivity contribution in [2.75, 3.05) is 13.7 Å². The number of rotatable bonds is 7. The molecule has 0 unspecified atom stereocenters. The molecule has 0 aliphatic heterocycles. The third kappa shape index (κ3) is 4.63. The number of aromatic nitrogens is 2. The molecule has 140 valence electrons. The molecule has 0 spiro atoms. The number of benzene rings is 2. The lowest BCUT2D eigenvalue weighted by molar-refractivity contribution is -0.140. The van der Waals surface area contributed by atoms with Crippen molar-refractivity contribution >= 4 is 5.97 Å². The maximum Gasteiger partial charge on any atom is 0.305 e. The number of nitrogens with zero attached hydrogens (tertiary/aromatic N) is 2. The summed E-state index contributed by atoms with van der Waals surface area (Å²) in [4.78, 5) is 16.1. The highest BCUT2D eigenvalue weighted by atomic mass is 16.5. The van der Waals surface area contributed by atoms with Crippen molar-refractivity contribution in [2.24, 2.45) is 12.8 Å². The number of carbonyl (C=O) groups excluding carboxylic acids is 1. The number of methoxy groups -OCH3 is 1. The van der Waals surface area contributed by atoms with Gasteiger partial charge in [0.15, 0.2) is 0 Å². The van der Waals surface area contributed by atoms with Crippen LogP contribution < -0.4 is 5.73 Å². The van der Waals surface area contributed by atoms with Gasteiger partial charge in [0.2, 0.25) is 0 Å². The normalized spacial score (nSPS) is 10.8. The molecule has 3 aromatic rings. The van der Waals surface area contributed by atoms with Crippen LogP contribution in [-0.4, -0.2) is 29.2 Å². The van der Waals surface area contributed by atoms with E-state index < -0.39 is 0 Å². The molecule has 0 fully saturated rings. The number of aryl methyl sites for hydroxylation is 2. The topological polar surface area (TPSA) is 70.1 Å². The summed E-state index contributed by atoms with van der Waals surface area (Å²) >= 11 is 0. The van der Waals surface area contributed by atoms with Gasteiger partial charge in [-0.25, -0.2) is 4.98 Å². The zero-order valence-electron chi connectivity index (χ0n) is 15.8. The molecule has 0 bridgehead atoms. The van der Waals surface area contributed by atoms with Crippen molar-refractivity contribution in [2.45, 2.75) is 19.3 Å². The Morgan fingerprint density at radius 3 is 2.19 bits per heavy atom.